The topological polar surface area (TPSA) is 106 Å². The van der Waals surface area contributed by atoms with Crippen LogP contribution in [-0.4, -0.2) is 30.8 Å². The Hall–Kier alpha value is -1.96. The summed E-state index contributed by atoms with van der Waals surface area (Å²) in [4.78, 5) is 22.3. The van der Waals surface area contributed by atoms with Crippen LogP contribution in [0.2, 0.25) is 0 Å². The molecule has 1 fully saturated rings. The number of hydrogen-bond donors (Lipinski definition) is 1. The van der Waals surface area contributed by atoms with Crippen molar-refractivity contribution in [2.24, 2.45) is 5.92 Å². The van der Waals surface area contributed by atoms with E-state index in [1.54, 1.807) is 13.0 Å². The first-order chi connectivity index (χ1) is 9.30. The molecule has 1 saturated heterocycles. The van der Waals surface area contributed by atoms with Gasteiger partial charge in [0.05, 0.1) is 33.6 Å². The fourth-order valence-corrected chi connectivity index (χ4v) is 3.93. The van der Waals surface area contributed by atoms with Gasteiger partial charge in [-0.3, -0.25) is 14.9 Å². The number of benzene rings is 1. The molecular formula is C12H14N2O5S. The van der Waals surface area contributed by atoms with Crippen molar-refractivity contribution in [1.82, 2.24) is 0 Å². The lowest BCUT2D eigenvalue weighted by molar-refractivity contribution is -0.385. The van der Waals surface area contributed by atoms with Crippen LogP contribution < -0.4 is 5.32 Å². The lowest BCUT2D eigenvalue weighted by atomic mass is 10.1. The second kappa shape index (κ2) is 5.20. The second-order valence-electron chi connectivity index (χ2n) is 4.80. The molecule has 2 rings (SSSR count). The molecule has 1 atom stereocenters. The predicted molar refractivity (Wildman–Crippen MR) is 73.2 cm³/mol. The van der Waals surface area contributed by atoms with E-state index in [2.05, 4.69) is 5.32 Å². The van der Waals surface area contributed by atoms with E-state index in [0.29, 0.717) is 17.7 Å². The van der Waals surface area contributed by atoms with Gasteiger partial charge < -0.3 is 5.32 Å². The van der Waals surface area contributed by atoms with Gasteiger partial charge in [0.15, 0.2) is 9.84 Å². The number of anilines is 1. The lowest BCUT2D eigenvalue weighted by Gasteiger charge is -2.11. The van der Waals surface area contributed by atoms with Crippen LogP contribution in [0.15, 0.2) is 18.2 Å². The molecule has 0 saturated carbocycles. The Morgan fingerprint density at radius 3 is 2.70 bits per heavy atom. The average Bonchev–Trinajstić information content (AvgIpc) is 2.72. The Kier molecular flexibility index (Phi) is 3.76. The van der Waals surface area contributed by atoms with Gasteiger partial charge in [-0.05, 0) is 19.4 Å². The molecule has 0 unspecified atom stereocenters. The highest BCUT2D eigenvalue weighted by Gasteiger charge is 2.33. The molecule has 0 aliphatic carbocycles. The van der Waals surface area contributed by atoms with E-state index in [1.165, 1.54) is 12.1 Å². The van der Waals surface area contributed by atoms with Crippen molar-refractivity contribution in [3.63, 3.8) is 0 Å². The number of nitro benzene ring substituents is 1. The zero-order chi connectivity index (χ0) is 14.9. The number of carbonyl (C=O) groups is 1. The summed E-state index contributed by atoms with van der Waals surface area (Å²) in [6.07, 6.45) is 0.294. The molecule has 0 aromatic heterocycles. The zero-order valence-electron chi connectivity index (χ0n) is 10.8. The van der Waals surface area contributed by atoms with E-state index < -0.39 is 26.6 Å². The van der Waals surface area contributed by atoms with Crippen LogP contribution in [0.5, 0.6) is 0 Å². The monoisotopic (exact) mass is 298 g/mol. The highest BCUT2D eigenvalue weighted by molar-refractivity contribution is 7.91. The van der Waals surface area contributed by atoms with E-state index in [0.717, 1.165) is 0 Å². The molecule has 1 heterocycles. The van der Waals surface area contributed by atoms with Gasteiger partial charge in [-0.15, -0.1) is 0 Å². The maximum absolute atomic E-state index is 12.0. The number of nitro groups is 1. The summed E-state index contributed by atoms with van der Waals surface area (Å²) >= 11 is 0. The fourth-order valence-electron chi connectivity index (χ4n) is 2.19. The van der Waals surface area contributed by atoms with Gasteiger partial charge in [-0.1, -0.05) is 6.07 Å². The Bertz CT molecular complexity index is 668. The van der Waals surface area contributed by atoms with Crippen LogP contribution >= 0.6 is 0 Å². The van der Waals surface area contributed by atoms with Crippen molar-refractivity contribution in [1.29, 1.82) is 0 Å². The van der Waals surface area contributed by atoms with Gasteiger partial charge >= 0.3 is 0 Å². The SMILES string of the molecule is Cc1c(NC(=O)[C@H]2CCS(=O)(=O)C2)cccc1[N+](=O)[O-]. The summed E-state index contributed by atoms with van der Waals surface area (Å²) < 4.78 is 22.7. The van der Waals surface area contributed by atoms with E-state index in [1.807, 2.05) is 0 Å². The molecule has 108 valence electrons. The van der Waals surface area contributed by atoms with Gasteiger partial charge in [-0.25, -0.2) is 8.42 Å². The number of nitrogens with one attached hydrogen (secondary N) is 1. The smallest absolute Gasteiger partial charge is 0.274 e. The summed E-state index contributed by atoms with van der Waals surface area (Å²) in [6.45, 7) is 1.54. The molecule has 1 aliphatic heterocycles. The van der Waals surface area contributed by atoms with Crippen molar-refractivity contribution in [3.05, 3.63) is 33.9 Å². The van der Waals surface area contributed by atoms with Crippen LogP contribution in [0.4, 0.5) is 11.4 Å². The summed E-state index contributed by atoms with van der Waals surface area (Å²) in [5.41, 5.74) is 0.613. The number of nitrogens with zero attached hydrogens (tertiary/aromatic N) is 1. The van der Waals surface area contributed by atoms with Gasteiger partial charge in [0.25, 0.3) is 5.69 Å². The maximum Gasteiger partial charge on any atom is 0.274 e. The first-order valence-corrected chi connectivity index (χ1v) is 7.87. The van der Waals surface area contributed by atoms with Crippen LogP contribution in [0.25, 0.3) is 0 Å². The van der Waals surface area contributed by atoms with Crippen molar-refractivity contribution in [2.45, 2.75) is 13.3 Å². The largest absolute Gasteiger partial charge is 0.325 e. The zero-order valence-corrected chi connectivity index (χ0v) is 11.6. The highest BCUT2D eigenvalue weighted by atomic mass is 32.2. The second-order valence-corrected chi connectivity index (χ2v) is 7.02. The highest BCUT2D eigenvalue weighted by Crippen LogP contribution is 2.26. The molecule has 0 radical (unpaired) electrons. The number of sulfone groups is 1. The molecule has 1 amide bonds. The van der Waals surface area contributed by atoms with Crippen LogP contribution in [0, 0.1) is 23.0 Å². The van der Waals surface area contributed by atoms with Gasteiger partial charge in [-0.2, -0.15) is 0 Å². The minimum Gasteiger partial charge on any atom is -0.325 e. The quantitative estimate of drug-likeness (QED) is 0.668. The molecule has 8 heteroatoms. The Morgan fingerprint density at radius 1 is 1.45 bits per heavy atom. The van der Waals surface area contributed by atoms with Gasteiger partial charge in [0.1, 0.15) is 0 Å². The molecule has 1 aliphatic rings. The molecule has 1 aromatic carbocycles. The first kappa shape index (κ1) is 14.4. The predicted octanol–water partition coefficient (Wildman–Crippen LogP) is 1.28. The maximum atomic E-state index is 12.0. The molecule has 7 nitrogen and oxygen atoms in total. The summed E-state index contributed by atoms with van der Waals surface area (Å²) in [5.74, 6) is -1.14. The van der Waals surface area contributed by atoms with E-state index >= 15 is 0 Å². The number of rotatable bonds is 3. The standard InChI is InChI=1S/C12H14N2O5S/c1-8-10(3-2-4-11(8)14(16)17)13-12(15)9-5-6-20(18,19)7-9/h2-4,9H,5-7H2,1H3,(H,13,15)/t9-/m0/s1. The molecule has 0 bridgehead atoms. The molecule has 1 aromatic rings. The molecule has 20 heavy (non-hydrogen) atoms. The number of amides is 1. The minimum atomic E-state index is -3.13. The van der Waals surface area contributed by atoms with Gasteiger partial charge in [0, 0.05) is 6.07 Å². The molecule has 1 N–H and O–H groups in total. The number of hydrogen-bond acceptors (Lipinski definition) is 5. The summed E-state index contributed by atoms with van der Waals surface area (Å²) in [5, 5.41) is 13.4. The Balaban J connectivity index is 2.17. The van der Waals surface area contributed by atoms with Crippen molar-refractivity contribution in [3.8, 4) is 0 Å². The Morgan fingerprint density at radius 2 is 2.15 bits per heavy atom. The fraction of sp³-hybridized carbons (Fsp3) is 0.417. The normalized spacial score (nSPS) is 20.6. The average molecular weight is 298 g/mol. The van der Waals surface area contributed by atoms with Crippen molar-refractivity contribution >= 4 is 27.1 Å². The van der Waals surface area contributed by atoms with Crippen LogP contribution in [-0.2, 0) is 14.6 Å². The number of carbonyl (C=O) groups excluding carboxylic acids is 1. The van der Waals surface area contributed by atoms with Gasteiger partial charge in [0.2, 0.25) is 5.91 Å². The van der Waals surface area contributed by atoms with E-state index in [4.69, 9.17) is 0 Å². The van der Waals surface area contributed by atoms with Crippen molar-refractivity contribution in [2.75, 3.05) is 16.8 Å². The minimum absolute atomic E-state index is 0.0129. The lowest BCUT2D eigenvalue weighted by Crippen LogP contribution is -2.24. The van der Waals surface area contributed by atoms with E-state index in [-0.39, 0.29) is 17.2 Å². The van der Waals surface area contributed by atoms with E-state index in [9.17, 15) is 23.3 Å². The summed E-state index contributed by atoms with van der Waals surface area (Å²) in [7, 11) is -3.13. The third-order valence-electron chi connectivity index (χ3n) is 3.36. The molecular weight excluding hydrogens is 284 g/mol. The Labute approximate surface area is 116 Å². The molecule has 0 spiro atoms. The third kappa shape index (κ3) is 2.96. The van der Waals surface area contributed by atoms with Crippen molar-refractivity contribution < 1.29 is 18.1 Å². The first-order valence-electron chi connectivity index (χ1n) is 6.05. The summed E-state index contributed by atoms with van der Waals surface area (Å²) in [6, 6.07) is 4.39. The van der Waals surface area contributed by atoms with Crippen LogP contribution in [0.1, 0.15) is 12.0 Å². The third-order valence-corrected chi connectivity index (χ3v) is 5.13. The van der Waals surface area contributed by atoms with Crippen LogP contribution in [0.3, 0.4) is 0 Å².